The van der Waals surface area contributed by atoms with Crippen molar-refractivity contribution >= 4 is 31.9 Å². The first-order valence-corrected chi connectivity index (χ1v) is 7.35. The largest absolute Gasteiger partial charge is 0.496 e. The quantitative estimate of drug-likeness (QED) is 0.716. The van der Waals surface area contributed by atoms with E-state index in [1.165, 1.54) is 0 Å². The van der Waals surface area contributed by atoms with E-state index in [0.29, 0.717) is 22.8 Å². The highest BCUT2D eigenvalue weighted by molar-refractivity contribution is 9.11. The van der Waals surface area contributed by atoms with Crippen LogP contribution in [-0.4, -0.2) is 7.11 Å². The minimum absolute atomic E-state index is 0.504. The first-order valence-electron chi connectivity index (χ1n) is 5.76. The van der Waals surface area contributed by atoms with Crippen molar-refractivity contribution in [1.29, 1.82) is 5.26 Å². The third-order valence-electron chi connectivity index (χ3n) is 2.68. The van der Waals surface area contributed by atoms with Gasteiger partial charge in [0.25, 0.3) is 0 Å². The number of ether oxygens (including phenoxy) is 2. The van der Waals surface area contributed by atoms with Crippen LogP contribution in [-0.2, 0) is 0 Å². The maximum atomic E-state index is 9.16. The number of nitriles is 1. The van der Waals surface area contributed by atoms with E-state index >= 15 is 0 Å². The lowest BCUT2D eigenvalue weighted by molar-refractivity contribution is 0.409. The van der Waals surface area contributed by atoms with Crippen molar-refractivity contribution in [2.75, 3.05) is 7.11 Å². The van der Waals surface area contributed by atoms with Crippen molar-refractivity contribution < 1.29 is 9.47 Å². The number of halogens is 2. The Morgan fingerprint density at radius 3 is 2.30 bits per heavy atom. The summed E-state index contributed by atoms with van der Waals surface area (Å²) in [5.41, 5.74) is 1.52. The molecule has 2 rings (SSSR count). The number of aryl methyl sites for hydroxylation is 1. The minimum atomic E-state index is 0.504. The Labute approximate surface area is 134 Å². The maximum absolute atomic E-state index is 9.16. The average molecular weight is 397 g/mol. The van der Waals surface area contributed by atoms with Gasteiger partial charge in [-0.05, 0) is 68.6 Å². The molecule has 0 spiro atoms. The molecular formula is C15H11Br2NO2. The molecule has 0 bridgehead atoms. The molecule has 0 aromatic heterocycles. The summed E-state index contributed by atoms with van der Waals surface area (Å²) < 4.78 is 12.6. The molecule has 0 unspecified atom stereocenters. The maximum Gasteiger partial charge on any atom is 0.145 e. The fourth-order valence-corrected chi connectivity index (χ4v) is 2.57. The van der Waals surface area contributed by atoms with Crippen LogP contribution in [0.2, 0.25) is 0 Å². The van der Waals surface area contributed by atoms with E-state index in [2.05, 4.69) is 37.9 Å². The molecule has 2 aromatic rings. The predicted octanol–water partition coefficient (Wildman–Crippen LogP) is 5.19. The average Bonchev–Trinajstić information content (AvgIpc) is 2.44. The lowest BCUT2D eigenvalue weighted by Gasteiger charge is -2.12. The standard InChI is InChI=1S/C15H11Br2NO2/c1-9-3-4-13(10(5-9)8-18)20-15-7-11(16)14(19-2)6-12(15)17/h3-7H,1-2H3. The fourth-order valence-electron chi connectivity index (χ4n) is 1.68. The number of methoxy groups -OCH3 is 1. The molecule has 0 aliphatic carbocycles. The van der Waals surface area contributed by atoms with Crippen molar-refractivity contribution in [3.8, 4) is 23.3 Å². The summed E-state index contributed by atoms with van der Waals surface area (Å²) in [6.45, 7) is 1.94. The number of rotatable bonds is 3. The summed E-state index contributed by atoms with van der Waals surface area (Å²) in [5, 5.41) is 9.16. The molecule has 5 heteroatoms. The van der Waals surface area contributed by atoms with Gasteiger partial charge in [-0.15, -0.1) is 0 Å². The zero-order valence-electron chi connectivity index (χ0n) is 10.9. The fraction of sp³-hybridized carbons (Fsp3) is 0.133. The van der Waals surface area contributed by atoms with Crippen molar-refractivity contribution in [1.82, 2.24) is 0 Å². The molecule has 102 valence electrons. The van der Waals surface area contributed by atoms with Gasteiger partial charge >= 0.3 is 0 Å². The number of hydrogen-bond acceptors (Lipinski definition) is 3. The van der Waals surface area contributed by atoms with Gasteiger partial charge in [0.1, 0.15) is 23.3 Å². The van der Waals surface area contributed by atoms with Crippen LogP contribution in [0.25, 0.3) is 0 Å². The summed E-state index contributed by atoms with van der Waals surface area (Å²) in [5.74, 6) is 1.84. The monoisotopic (exact) mass is 395 g/mol. The molecule has 0 heterocycles. The van der Waals surface area contributed by atoms with Crippen molar-refractivity contribution in [2.45, 2.75) is 6.92 Å². The Kier molecular flexibility index (Phi) is 4.69. The third kappa shape index (κ3) is 3.14. The van der Waals surface area contributed by atoms with Gasteiger partial charge in [0, 0.05) is 0 Å². The summed E-state index contributed by atoms with van der Waals surface area (Å²) in [7, 11) is 1.60. The Morgan fingerprint density at radius 1 is 1.00 bits per heavy atom. The SMILES string of the molecule is COc1cc(Br)c(Oc2ccc(C)cc2C#N)cc1Br. The summed E-state index contributed by atoms with van der Waals surface area (Å²) >= 11 is 6.84. The number of hydrogen-bond donors (Lipinski definition) is 0. The topological polar surface area (TPSA) is 42.2 Å². The molecule has 0 N–H and O–H groups in total. The molecule has 0 amide bonds. The van der Waals surface area contributed by atoms with Crippen molar-refractivity contribution in [3.63, 3.8) is 0 Å². The molecule has 2 aromatic carbocycles. The number of nitrogens with zero attached hydrogens (tertiary/aromatic N) is 1. The molecule has 3 nitrogen and oxygen atoms in total. The predicted molar refractivity (Wildman–Crippen MR) is 84.4 cm³/mol. The second-order valence-corrected chi connectivity index (χ2v) is 5.84. The normalized spacial score (nSPS) is 9.95. The Bertz CT molecular complexity index is 693. The second-order valence-electron chi connectivity index (χ2n) is 4.13. The second kappa shape index (κ2) is 6.29. The molecule has 0 radical (unpaired) electrons. The summed E-state index contributed by atoms with van der Waals surface area (Å²) in [6, 6.07) is 11.2. The van der Waals surface area contributed by atoms with Crippen molar-refractivity contribution in [3.05, 3.63) is 50.4 Å². The highest BCUT2D eigenvalue weighted by Crippen LogP contribution is 2.38. The first kappa shape index (κ1) is 14.9. The van der Waals surface area contributed by atoms with E-state index in [1.54, 1.807) is 31.4 Å². The lowest BCUT2D eigenvalue weighted by atomic mass is 10.1. The molecule has 0 atom stereocenters. The van der Waals surface area contributed by atoms with Gasteiger partial charge < -0.3 is 9.47 Å². The van der Waals surface area contributed by atoms with Crippen LogP contribution in [0.3, 0.4) is 0 Å². The van der Waals surface area contributed by atoms with E-state index < -0.39 is 0 Å². The Morgan fingerprint density at radius 2 is 1.65 bits per heavy atom. The zero-order chi connectivity index (χ0) is 14.7. The van der Waals surface area contributed by atoms with Gasteiger partial charge in [0.05, 0.1) is 21.6 Å². The van der Waals surface area contributed by atoms with Crippen LogP contribution in [0.4, 0.5) is 0 Å². The highest BCUT2D eigenvalue weighted by Gasteiger charge is 2.11. The van der Waals surface area contributed by atoms with Gasteiger partial charge in [-0.25, -0.2) is 0 Å². The first-order chi connectivity index (χ1) is 9.55. The number of benzene rings is 2. The summed E-state index contributed by atoms with van der Waals surface area (Å²) in [4.78, 5) is 0. The molecular weight excluding hydrogens is 386 g/mol. The smallest absolute Gasteiger partial charge is 0.145 e. The van der Waals surface area contributed by atoms with E-state index in [0.717, 1.165) is 14.5 Å². The van der Waals surface area contributed by atoms with Gasteiger partial charge in [0.2, 0.25) is 0 Å². The van der Waals surface area contributed by atoms with Gasteiger partial charge in [-0.3, -0.25) is 0 Å². The van der Waals surface area contributed by atoms with E-state index in [1.807, 2.05) is 13.0 Å². The minimum Gasteiger partial charge on any atom is -0.496 e. The van der Waals surface area contributed by atoms with Gasteiger partial charge in [-0.1, -0.05) is 6.07 Å². The Balaban J connectivity index is 2.41. The van der Waals surface area contributed by atoms with Crippen LogP contribution < -0.4 is 9.47 Å². The molecule has 0 aliphatic rings. The third-order valence-corrected chi connectivity index (χ3v) is 3.92. The van der Waals surface area contributed by atoms with Gasteiger partial charge in [0.15, 0.2) is 0 Å². The molecule has 0 saturated heterocycles. The van der Waals surface area contributed by atoms with Crippen LogP contribution >= 0.6 is 31.9 Å². The van der Waals surface area contributed by atoms with E-state index in [4.69, 9.17) is 14.7 Å². The van der Waals surface area contributed by atoms with Gasteiger partial charge in [-0.2, -0.15) is 5.26 Å². The zero-order valence-corrected chi connectivity index (χ0v) is 14.1. The lowest BCUT2D eigenvalue weighted by Crippen LogP contribution is -1.92. The van der Waals surface area contributed by atoms with E-state index in [9.17, 15) is 0 Å². The molecule has 20 heavy (non-hydrogen) atoms. The van der Waals surface area contributed by atoms with Crippen LogP contribution in [0.15, 0.2) is 39.3 Å². The molecule has 0 aliphatic heterocycles. The molecule has 0 fully saturated rings. The van der Waals surface area contributed by atoms with Crippen LogP contribution in [0.1, 0.15) is 11.1 Å². The highest BCUT2D eigenvalue weighted by atomic mass is 79.9. The summed E-state index contributed by atoms with van der Waals surface area (Å²) in [6.07, 6.45) is 0. The molecule has 0 saturated carbocycles. The Hall–Kier alpha value is -1.51. The van der Waals surface area contributed by atoms with Crippen LogP contribution in [0.5, 0.6) is 17.2 Å². The van der Waals surface area contributed by atoms with E-state index in [-0.39, 0.29) is 0 Å². The van der Waals surface area contributed by atoms with Crippen LogP contribution in [0, 0.1) is 18.3 Å². The van der Waals surface area contributed by atoms with Crippen molar-refractivity contribution in [2.24, 2.45) is 0 Å².